The quantitative estimate of drug-likeness (QED) is 0.727. The van der Waals surface area contributed by atoms with E-state index in [1.807, 2.05) is 7.05 Å². The minimum Gasteiger partial charge on any atom is -0.481 e. The molecule has 0 radical (unpaired) electrons. The molecule has 6 heteroatoms. The number of aromatic nitrogens is 2. The second kappa shape index (κ2) is 5.86. The number of amides is 1. The summed E-state index contributed by atoms with van der Waals surface area (Å²) in [6, 6.07) is 0. The summed E-state index contributed by atoms with van der Waals surface area (Å²) in [4.78, 5) is 22.4. The number of nitrogens with zero attached hydrogens (tertiary/aromatic N) is 2. The number of nitrogens with one attached hydrogen (secondary N) is 1. The lowest BCUT2D eigenvalue weighted by molar-refractivity contribution is -0.137. The number of hydrogen-bond donors (Lipinski definition) is 2. The molecule has 1 amide bonds. The van der Waals surface area contributed by atoms with Gasteiger partial charge in [0, 0.05) is 25.9 Å². The molecule has 0 unspecified atom stereocenters. The molecular weight excluding hydrogens is 246 g/mol. The highest BCUT2D eigenvalue weighted by Crippen LogP contribution is 2.41. The predicted octanol–water partition coefficient (Wildman–Crippen LogP) is 1.28. The summed E-state index contributed by atoms with van der Waals surface area (Å²) in [5.74, 6) is -0.430. The van der Waals surface area contributed by atoms with Crippen LogP contribution in [0.1, 0.15) is 54.1 Å². The summed E-state index contributed by atoms with van der Waals surface area (Å²) in [5, 5.41) is 15.5. The first-order valence-electron chi connectivity index (χ1n) is 6.61. The Morgan fingerprint density at radius 3 is 2.84 bits per heavy atom. The van der Waals surface area contributed by atoms with Crippen LogP contribution in [0.15, 0.2) is 6.20 Å². The van der Waals surface area contributed by atoms with Crippen LogP contribution in [0.4, 0.5) is 0 Å². The fourth-order valence-corrected chi connectivity index (χ4v) is 2.16. The average molecular weight is 265 g/mol. The van der Waals surface area contributed by atoms with Crippen LogP contribution in [0, 0.1) is 0 Å². The third-order valence-electron chi connectivity index (χ3n) is 3.30. The largest absolute Gasteiger partial charge is 0.481 e. The summed E-state index contributed by atoms with van der Waals surface area (Å²) in [6.07, 6.45) is 5.27. The van der Waals surface area contributed by atoms with Crippen LogP contribution in [-0.2, 0) is 11.8 Å². The van der Waals surface area contributed by atoms with E-state index >= 15 is 0 Å². The van der Waals surface area contributed by atoms with E-state index in [0.29, 0.717) is 30.9 Å². The zero-order chi connectivity index (χ0) is 13.8. The van der Waals surface area contributed by atoms with E-state index < -0.39 is 5.97 Å². The number of carbonyl (C=O) groups excluding carboxylic acids is 1. The highest BCUT2D eigenvalue weighted by Gasteiger charge is 2.31. The SMILES string of the molecule is Cn1ncc(C(=O)NCCCCC(=O)O)c1C1CC1. The number of aryl methyl sites for hydroxylation is 1. The number of carbonyl (C=O) groups is 2. The number of carboxylic acids is 1. The Bertz CT molecular complexity index is 477. The van der Waals surface area contributed by atoms with Crippen molar-refractivity contribution in [2.75, 3.05) is 6.54 Å². The molecule has 0 aliphatic heterocycles. The molecular formula is C13H19N3O3. The van der Waals surface area contributed by atoms with Crippen LogP contribution in [0.5, 0.6) is 0 Å². The molecule has 2 N–H and O–H groups in total. The first kappa shape index (κ1) is 13.6. The minimum atomic E-state index is -0.797. The second-order valence-corrected chi connectivity index (χ2v) is 4.95. The van der Waals surface area contributed by atoms with E-state index in [9.17, 15) is 9.59 Å². The Labute approximate surface area is 111 Å². The summed E-state index contributed by atoms with van der Waals surface area (Å²) >= 11 is 0. The molecule has 0 aromatic carbocycles. The molecule has 1 aliphatic carbocycles. The van der Waals surface area contributed by atoms with Crippen molar-refractivity contribution < 1.29 is 14.7 Å². The van der Waals surface area contributed by atoms with E-state index in [2.05, 4.69) is 10.4 Å². The smallest absolute Gasteiger partial charge is 0.303 e. The van der Waals surface area contributed by atoms with Crippen LogP contribution < -0.4 is 5.32 Å². The maximum absolute atomic E-state index is 12.0. The van der Waals surface area contributed by atoms with Crippen molar-refractivity contribution in [2.24, 2.45) is 7.05 Å². The number of rotatable bonds is 7. The highest BCUT2D eigenvalue weighted by molar-refractivity contribution is 5.95. The normalized spacial score (nSPS) is 14.4. The second-order valence-electron chi connectivity index (χ2n) is 4.95. The minimum absolute atomic E-state index is 0.106. The summed E-state index contributed by atoms with van der Waals surface area (Å²) in [5.41, 5.74) is 1.67. The molecule has 6 nitrogen and oxygen atoms in total. The van der Waals surface area contributed by atoms with Crippen molar-refractivity contribution >= 4 is 11.9 Å². The number of aliphatic carboxylic acids is 1. The average Bonchev–Trinajstić information content (AvgIpc) is 3.11. The molecule has 0 bridgehead atoms. The Balaban J connectivity index is 1.81. The monoisotopic (exact) mass is 265 g/mol. The highest BCUT2D eigenvalue weighted by atomic mass is 16.4. The van der Waals surface area contributed by atoms with E-state index in [0.717, 1.165) is 18.5 Å². The van der Waals surface area contributed by atoms with Crippen molar-refractivity contribution in [1.82, 2.24) is 15.1 Å². The van der Waals surface area contributed by atoms with Gasteiger partial charge in [-0.25, -0.2) is 0 Å². The third-order valence-corrected chi connectivity index (χ3v) is 3.30. The maximum atomic E-state index is 12.0. The van der Waals surface area contributed by atoms with Crippen LogP contribution in [0.3, 0.4) is 0 Å². The van der Waals surface area contributed by atoms with Crippen molar-refractivity contribution in [3.8, 4) is 0 Å². The van der Waals surface area contributed by atoms with Crippen molar-refractivity contribution in [2.45, 2.75) is 38.0 Å². The van der Waals surface area contributed by atoms with Gasteiger partial charge in [0.05, 0.1) is 17.5 Å². The van der Waals surface area contributed by atoms with E-state index in [-0.39, 0.29) is 12.3 Å². The lowest BCUT2D eigenvalue weighted by atomic mass is 10.1. The topological polar surface area (TPSA) is 84.2 Å². The van der Waals surface area contributed by atoms with Gasteiger partial charge in [-0.1, -0.05) is 0 Å². The van der Waals surface area contributed by atoms with Gasteiger partial charge in [-0.2, -0.15) is 5.10 Å². The van der Waals surface area contributed by atoms with Gasteiger partial charge >= 0.3 is 5.97 Å². The zero-order valence-electron chi connectivity index (χ0n) is 11.1. The molecule has 1 aromatic heterocycles. The van der Waals surface area contributed by atoms with Gasteiger partial charge in [-0.3, -0.25) is 14.3 Å². The molecule has 1 heterocycles. The fraction of sp³-hybridized carbons (Fsp3) is 0.615. The molecule has 19 heavy (non-hydrogen) atoms. The first-order chi connectivity index (χ1) is 9.09. The Kier molecular flexibility index (Phi) is 4.19. The molecule has 104 valence electrons. The molecule has 2 rings (SSSR count). The van der Waals surface area contributed by atoms with Crippen LogP contribution in [-0.4, -0.2) is 33.3 Å². The fourth-order valence-electron chi connectivity index (χ4n) is 2.16. The van der Waals surface area contributed by atoms with Gasteiger partial charge in [0.25, 0.3) is 5.91 Å². The van der Waals surface area contributed by atoms with Gasteiger partial charge < -0.3 is 10.4 Å². The summed E-state index contributed by atoms with van der Waals surface area (Å²) in [7, 11) is 1.86. The van der Waals surface area contributed by atoms with Gasteiger partial charge in [-0.05, 0) is 25.7 Å². The molecule has 1 aliphatic rings. The Morgan fingerprint density at radius 1 is 1.47 bits per heavy atom. The standard InChI is InChI=1S/C13H19N3O3/c1-16-12(9-5-6-9)10(8-15-16)13(19)14-7-3-2-4-11(17)18/h8-9H,2-7H2,1H3,(H,14,19)(H,17,18). The van der Waals surface area contributed by atoms with E-state index in [1.165, 1.54) is 0 Å². The molecule has 0 spiro atoms. The number of hydrogen-bond acceptors (Lipinski definition) is 3. The molecule has 1 fully saturated rings. The summed E-state index contributed by atoms with van der Waals surface area (Å²) < 4.78 is 1.77. The van der Waals surface area contributed by atoms with E-state index in [4.69, 9.17) is 5.11 Å². The molecule has 0 saturated heterocycles. The van der Waals surface area contributed by atoms with Crippen molar-refractivity contribution in [1.29, 1.82) is 0 Å². The Hall–Kier alpha value is -1.85. The number of carboxylic acid groups (broad SMARTS) is 1. The van der Waals surface area contributed by atoms with Gasteiger partial charge in [-0.15, -0.1) is 0 Å². The van der Waals surface area contributed by atoms with Crippen LogP contribution >= 0.6 is 0 Å². The lowest BCUT2D eigenvalue weighted by Crippen LogP contribution is -2.25. The van der Waals surface area contributed by atoms with Crippen molar-refractivity contribution in [3.05, 3.63) is 17.5 Å². The Morgan fingerprint density at radius 2 is 2.21 bits per heavy atom. The molecule has 1 saturated carbocycles. The number of unbranched alkanes of at least 4 members (excludes halogenated alkanes) is 1. The van der Waals surface area contributed by atoms with E-state index in [1.54, 1.807) is 10.9 Å². The third kappa shape index (κ3) is 3.56. The zero-order valence-corrected chi connectivity index (χ0v) is 11.1. The molecule has 0 atom stereocenters. The van der Waals surface area contributed by atoms with Gasteiger partial charge in [0.15, 0.2) is 0 Å². The molecule has 1 aromatic rings. The van der Waals surface area contributed by atoms with Crippen molar-refractivity contribution in [3.63, 3.8) is 0 Å². The van der Waals surface area contributed by atoms with Gasteiger partial charge in [0.2, 0.25) is 0 Å². The van der Waals surface area contributed by atoms with Crippen LogP contribution in [0.2, 0.25) is 0 Å². The predicted molar refractivity (Wildman–Crippen MR) is 69.0 cm³/mol. The lowest BCUT2D eigenvalue weighted by Gasteiger charge is -2.06. The van der Waals surface area contributed by atoms with Gasteiger partial charge in [0.1, 0.15) is 0 Å². The summed E-state index contributed by atoms with van der Waals surface area (Å²) in [6.45, 7) is 0.505. The van der Waals surface area contributed by atoms with Crippen LogP contribution in [0.25, 0.3) is 0 Å². The first-order valence-corrected chi connectivity index (χ1v) is 6.61. The maximum Gasteiger partial charge on any atom is 0.303 e.